The van der Waals surface area contributed by atoms with E-state index in [0.29, 0.717) is 11.4 Å². The summed E-state index contributed by atoms with van der Waals surface area (Å²) in [5.74, 6) is 0.631. The minimum Gasteiger partial charge on any atom is -0.388 e. The second kappa shape index (κ2) is 5.70. The molecule has 0 saturated carbocycles. The molecule has 1 aromatic heterocycles. The van der Waals surface area contributed by atoms with E-state index in [0.717, 1.165) is 24.1 Å². The fraction of sp³-hybridized carbons (Fsp3) is 0.300. The molecule has 0 bridgehead atoms. The molecule has 2 heterocycles. The summed E-state index contributed by atoms with van der Waals surface area (Å²) in [6, 6.07) is 15.9. The van der Waals surface area contributed by atoms with Crippen molar-refractivity contribution in [3.05, 3.63) is 65.5 Å². The number of nitrogens with zero attached hydrogens (tertiary/aromatic N) is 3. The lowest BCUT2D eigenvalue weighted by molar-refractivity contribution is 0.0433. The molecule has 1 fully saturated rings. The topological polar surface area (TPSA) is 58.4 Å². The Labute approximate surface area is 146 Å². The van der Waals surface area contributed by atoms with Crippen molar-refractivity contribution in [3.8, 4) is 0 Å². The fourth-order valence-electron chi connectivity index (χ4n) is 3.67. The van der Waals surface area contributed by atoms with Gasteiger partial charge in [-0.2, -0.15) is 0 Å². The number of benzene rings is 2. The van der Waals surface area contributed by atoms with Gasteiger partial charge in [0.2, 0.25) is 0 Å². The molecular formula is C20H21N3O2. The molecule has 128 valence electrons. The van der Waals surface area contributed by atoms with Crippen molar-refractivity contribution in [2.75, 3.05) is 13.1 Å². The van der Waals surface area contributed by atoms with Crippen LogP contribution in [0.15, 0.2) is 48.5 Å². The summed E-state index contributed by atoms with van der Waals surface area (Å²) in [5.41, 5.74) is 3.59. The van der Waals surface area contributed by atoms with Crippen LogP contribution >= 0.6 is 0 Å². The monoisotopic (exact) mass is 335 g/mol. The van der Waals surface area contributed by atoms with Crippen LogP contribution in [0.3, 0.4) is 0 Å². The zero-order valence-electron chi connectivity index (χ0n) is 14.4. The molecule has 0 aliphatic carbocycles. The molecule has 1 aliphatic heterocycles. The highest BCUT2D eigenvalue weighted by Crippen LogP contribution is 2.35. The van der Waals surface area contributed by atoms with Crippen LogP contribution in [-0.4, -0.2) is 38.6 Å². The fourth-order valence-corrected chi connectivity index (χ4v) is 3.67. The Balaban J connectivity index is 1.55. The van der Waals surface area contributed by atoms with E-state index in [1.54, 1.807) is 0 Å². The van der Waals surface area contributed by atoms with Crippen LogP contribution in [0.2, 0.25) is 0 Å². The molecule has 3 aromatic rings. The molecule has 25 heavy (non-hydrogen) atoms. The molecular weight excluding hydrogens is 314 g/mol. The molecule has 5 heteroatoms. The Hall–Kier alpha value is -2.66. The van der Waals surface area contributed by atoms with E-state index >= 15 is 0 Å². The predicted molar refractivity (Wildman–Crippen MR) is 96.3 cm³/mol. The first-order valence-electron chi connectivity index (χ1n) is 8.43. The van der Waals surface area contributed by atoms with Gasteiger partial charge in [-0.3, -0.25) is 4.79 Å². The van der Waals surface area contributed by atoms with Gasteiger partial charge in [0.15, 0.2) is 0 Å². The highest BCUT2D eigenvalue weighted by atomic mass is 16.3. The Morgan fingerprint density at radius 3 is 2.60 bits per heavy atom. The van der Waals surface area contributed by atoms with E-state index in [1.165, 1.54) is 5.56 Å². The smallest absolute Gasteiger partial charge is 0.253 e. The summed E-state index contributed by atoms with van der Waals surface area (Å²) in [6.07, 6.45) is 0. The summed E-state index contributed by atoms with van der Waals surface area (Å²) >= 11 is 0. The Bertz CT molecular complexity index is 940. The normalized spacial score (nSPS) is 16.0. The van der Waals surface area contributed by atoms with Crippen molar-refractivity contribution >= 4 is 16.9 Å². The number of hydrogen-bond acceptors (Lipinski definition) is 3. The maximum absolute atomic E-state index is 12.8. The number of aromatic nitrogens is 2. The molecule has 1 N–H and O–H groups in total. The molecule has 0 atom stereocenters. The van der Waals surface area contributed by atoms with Gasteiger partial charge >= 0.3 is 0 Å². The number of likely N-dealkylation sites (tertiary alicyclic amines) is 1. The predicted octanol–water partition coefficient (Wildman–Crippen LogP) is 2.48. The standard InChI is InChI=1S/C20H21N3O2/c1-20(15-6-4-3-5-7-15)12-23(13-20)19(25)14-8-9-17-16(10-14)21-18(11-24)22(17)2/h3-10,24H,11-13H2,1-2H3. The first-order chi connectivity index (χ1) is 12.0. The summed E-state index contributed by atoms with van der Waals surface area (Å²) in [7, 11) is 1.86. The number of aryl methyl sites for hydroxylation is 1. The first-order valence-corrected chi connectivity index (χ1v) is 8.43. The highest BCUT2D eigenvalue weighted by Gasteiger charge is 2.42. The van der Waals surface area contributed by atoms with E-state index in [1.807, 2.05) is 52.9 Å². The Kier molecular flexibility index (Phi) is 3.62. The number of carbonyl (C=O) groups excluding carboxylic acids is 1. The van der Waals surface area contributed by atoms with Crippen LogP contribution in [0.4, 0.5) is 0 Å². The van der Waals surface area contributed by atoms with Crippen molar-refractivity contribution in [1.29, 1.82) is 0 Å². The van der Waals surface area contributed by atoms with E-state index in [-0.39, 0.29) is 17.9 Å². The van der Waals surface area contributed by atoms with Crippen molar-refractivity contribution in [2.45, 2.75) is 18.9 Å². The summed E-state index contributed by atoms with van der Waals surface area (Å²) in [4.78, 5) is 19.1. The van der Waals surface area contributed by atoms with Crippen LogP contribution in [-0.2, 0) is 19.1 Å². The van der Waals surface area contributed by atoms with Crippen LogP contribution in [0.5, 0.6) is 0 Å². The molecule has 2 aromatic carbocycles. The van der Waals surface area contributed by atoms with Crippen molar-refractivity contribution in [1.82, 2.24) is 14.5 Å². The van der Waals surface area contributed by atoms with E-state index in [2.05, 4.69) is 24.0 Å². The Morgan fingerprint density at radius 2 is 1.92 bits per heavy atom. The van der Waals surface area contributed by atoms with Crippen LogP contribution in [0, 0.1) is 0 Å². The zero-order valence-corrected chi connectivity index (χ0v) is 14.4. The molecule has 1 saturated heterocycles. The highest BCUT2D eigenvalue weighted by molar-refractivity contribution is 5.98. The summed E-state index contributed by atoms with van der Waals surface area (Å²) < 4.78 is 1.85. The second-order valence-corrected chi connectivity index (χ2v) is 7.04. The van der Waals surface area contributed by atoms with E-state index < -0.39 is 0 Å². The summed E-state index contributed by atoms with van der Waals surface area (Å²) in [6.45, 7) is 3.52. The number of amides is 1. The average molecular weight is 335 g/mol. The lowest BCUT2D eigenvalue weighted by Crippen LogP contribution is -2.59. The number of hydrogen-bond donors (Lipinski definition) is 1. The average Bonchev–Trinajstić information content (AvgIpc) is 2.94. The van der Waals surface area contributed by atoms with Crippen molar-refractivity contribution < 1.29 is 9.90 Å². The summed E-state index contributed by atoms with van der Waals surface area (Å²) in [5, 5.41) is 9.34. The SMILES string of the molecule is Cn1c(CO)nc2cc(C(=O)N3CC(C)(c4ccccc4)C3)ccc21. The van der Waals surface area contributed by atoms with Gasteiger partial charge in [-0.15, -0.1) is 0 Å². The number of carbonyl (C=O) groups is 1. The molecule has 1 aliphatic rings. The Morgan fingerprint density at radius 1 is 1.20 bits per heavy atom. The van der Waals surface area contributed by atoms with E-state index in [4.69, 9.17) is 0 Å². The number of rotatable bonds is 3. The van der Waals surface area contributed by atoms with Gasteiger partial charge in [0.1, 0.15) is 12.4 Å². The zero-order chi connectivity index (χ0) is 17.6. The molecule has 0 unspecified atom stereocenters. The van der Waals surface area contributed by atoms with Crippen LogP contribution < -0.4 is 0 Å². The molecule has 0 radical (unpaired) electrons. The number of aliphatic hydroxyl groups is 1. The van der Waals surface area contributed by atoms with Gasteiger partial charge < -0.3 is 14.6 Å². The molecule has 1 amide bonds. The lowest BCUT2D eigenvalue weighted by Gasteiger charge is -2.48. The van der Waals surface area contributed by atoms with Gasteiger partial charge in [-0.1, -0.05) is 37.3 Å². The van der Waals surface area contributed by atoms with Gasteiger partial charge in [0.25, 0.3) is 5.91 Å². The maximum atomic E-state index is 12.8. The van der Waals surface area contributed by atoms with Gasteiger partial charge in [0, 0.05) is 31.1 Å². The third kappa shape index (κ3) is 2.51. The largest absolute Gasteiger partial charge is 0.388 e. The number of fused-ring (bicyclic) bond motifs is 1. The van der Waals surface area contributed by atoms with Crippen LogP contribution in [0.1, 0.15) is 28.7 Å². The lowest BCUT2D eigenvalue weighted by atomic mass is 9.75. The number of imidazole rings is 1. The van der Waals surface area contributed by atoms with Gasteiger partial charge in [-0.25, -0.2) is 4.98 Å². The molecule has 5 nitrogen and oxygen atoms in total. The quantitative estimate of drug-likeness (QED) is 0.800. The second-order valence-electron chi connectivity index (χ2n) is 7.04. The first kappa shape index (κ1) is 15.8. The van der Waals surface area contributed by atoms with E-state index in [9.17, 15) is 9.90 Å². The molecule has 0 spiro atoms. The number of aliphatic hydroxyl groups excluding tert-OH is 1. The maximum Gasteiger partial charge on any atom is 0.253 e. The van der Waals surface area contributed by atoms with Gasteiger partial charge in [-0.05, 0) is 23.8 Å². The van der Waals surface area contributed by atoms with Crippen molar-refractivity contribution in [3.63, 3.8) is 0 Å². The minimum atomic E-state index is -0.115. The third-order valence-electron chi connectivity index (χ3n) is 5.20. The van der Waals surface area contributed by atoms with Crippen molar-refractivity contribution in [2.24, 2.45) is 7.05 Å². The minimum absolute atomic E-state index is 0.0239. The molecule has 4 rings (SSSR count). The third-order valence-corrected chi connectivity index (χ3v) is 5.20. The van der Waals surface area contributed by atoms with Crippen LogP contribution in [0.25, 0.3) is 11.0 Å². The van der Waals surface area contributed by atoms with Gasteiger partial charge in [0.05, 0.1) is 11.0 Å².